The van der Waals surface area contributed by atoms with E-state index in [1.807, 2.05) is 23.1 Å². The number of H-pyrrole nitrogens is 1. The second-order valence-electron chi connectivity index (χ2n) is 7.73. The molecule has 1 N–H and O–H groups in total. The van der Waals surface area contributed by atoms with E-state index in [-0.39, 0.29) is 17.9 Å². The standard InChI is InChI=1S/C21H23N3O4/c1-27-16-8-4-5-13-12-28-21(18(13)16)9-10-24(11-17(21)25)20-22-15-7-3-2-6-14(15)19(26)23-20/h4-5,8H,2-3,6-7,9-12H2,1H3,(H,22,23,26). The molecule has 7 heteroatoms. The van der Waals surface area contributed by atoms with Gasteiger partial charge in [-0.25, -0.2) is 4.98 Å². The summed E-state index contributed by atoms with van der Waals surface area (Å²) in [5.41, 5.74) is 2.49. The third-order valence-corrected chi connectivity index (χ3v) is 6.21. The number of aromatic nitrogens is 2. The molecule has 0 saturated carbocycles. The predicted octanol–water partition coefficient (Wildman–Crippen LogP) is 1.86. The Kier molecular flexibility index (Phi) is 4.01. The van der Waals surface area contributed by atoms with Crippen LogP contribution in [-0.2, 0) is 34.6 Å². The minimum Gasteiger partial charge on any atom is -0.496 e. The molecule has 1 atom stereocenters. The first-order valence-electron chi connectivity index (χ1n) is 9.83. The van der Waals surface area contributed by atoms with Gasteiger partial charge < -0.3 is 14.4 Å². The number of benzene rings is 1. The number of ether oxygens (including phenoxy) is 2. The van der Waals surface area contributed by atoms with Crippen LogP contribution in [0.4, 0.5) is 5.95 Å². The van der Waals surface area contributed by atoms with Crippen LogP contribution in [0.2, 0.25) is 0 Å². The summed E-state index contributed by atoms with van der Waals surface area (Å²) in [6.45, 7) is 1.14. The zero-order chi connectivity index (χ0) is 19.3. The van der Waals surface area contributed by atoms with Crippen molar-refractivity contribution >= 4 is 11.7 Å². The van der Waals surface area contributed by atoms with Crippen molar-refractivity contribution in [3.05, 3.63) is 50.9 Å². The minimum absolute atomic E-state index is 0.0256. The highest BCUT2D eigenvalue weighted by atomic mass is 16.5. The van der Waals surface area contributed by atoms with Crippen LogP contribution in [-0.4, -0.2) is 36.0 Å². The number of Topliss-reactive ketones (excluding diaryl/α,β-unsaturated/α-hetero) is 1. The molecule has 1 fully saturated rings. The SMILES string of the molecule is COc1cccc2c1C1(CCN(c3nc4c(c(=O)[nH]3)CCCC4)CC1=O)OC2. The zero-order valence-electron chi connectivity index (χ0n) is 15.9. The van der Waals surface area contributed by atoms with E-state index in [4.69, 9.17) is 9.47 Å². The molecule has 3 aliphatic rings. The van der Waals surface area contributed by atoms with E-state index in [0.717, 1.165) is 48.1 Å². The van der Waals surface area contributed by atoms with Gasteiger partial charge in [-0.1, -0.05) is 12.1 Å². The maximum atomic E-state index is 13.3. The number of hydrogen-bond acceptors (Lipinski definition) is 6. The normalized spacial score (nSPS) is 23.6. The topological polar surface area (TPSA) is 84.5 Å². The van der Waals surface area contributed by atoms with Crippen molar-refractivity contribution < 1.29 is 14.3 Å². The van der Waals surface area contributed by atoms with Crippen LogP contribution in [0, 0.1) is 0 Å². The van der Waals surface area contributed by atoms with Gasteiger partial charge in [-0.2, -0.15) is 0 Å². The number of aryl methyl sites for hydroxylation is 1. The van der Waals surface area contributed by atoms with E-state index in [2.05, 4.69) is 9.97 Å². The van der Waals surface area contributed by atoms with Gasteiger partial charge in [0.1, 0.15) is 5.75 Å². The predicted molar refractivity (Wildman–Crippen MR) is 103 cm³/mol. The number of nitrogens with one attached hydrogen (secondary N) is 1. The largest absolute Gasteiger partial charge is 0.496 e. The minimum atomic E-state index is -0.965. The Hall–Kier alpha value is -2.67. The summed E-state index contributed by atoms with van der Waals surface area (Å²) in [6.07, 6.45) is 4.19. The molecular weight excluding hydrogens is 358 g/mol. The zero-order valence-corrected chi connectivity index (χ0v) is 15.9. The van der Waals surface area contributed by atoms with Gasteiger partial charge in [0.2, 0.25) is 5.95 Å². The van der Waals surface area contributed by atoms with Gasteiger partial charge in [-0.3, -0.25) is 14.6 Å². The van der Waals surface area contributed by atoms with Crippen molar-refractivity contribution in [3.8, 4) is 5.75 Å². The number of aromatic amines is 1. The fourth-order valence-corrected chi connectivity index (χ4v) is 4.75. The number of methoxy groups -OCH3 is 1. The summed E-state index contributed by atoms with van der Waals surface area (Å²) in [5.74, 6) is 1.16. The molecule has 1 saturated heterocycles. The van der Waals surface area contributed by atoms with Crippen LogP contribution in [0.5, 0.6) is 5.75 Å². The molecule has 1 spiro atoms. The summed E-state index contributed by atoms with van der Waals surface area (Å²) in [6, 6.07) is 5.77. The second-order valence-corrected chi connectivity index (χ2v) is 7.73. The molecule has 1 aromatic heterocycles. The Morgan fingerprint density at radius 1 is 1.25 bits per heavy atom. The Labute approximate surface area is 162 Å². The first-order chi connectivity index (χ1) is 13.6. The van der Waals surface area contributed by atoms with Crippen LogP contribution in [0.25, 0.3) is 0 Å². The molecule has 0 amide bonds. The molecule has 7 nitrogen and oxygen atoms in total. The number of fused-ring (bicyclic) bond motifs is 3. The number of ketones is 1. The third-order valence-electron chi connectivity index (χ3n) is 6.21. The van der Waals surface area contributed by atoms with E-state index >= 15 is 0 Å². The van der Waals surface area contributed by atoms with Crippen molar-refractivity contribution in [1.82, 2.24) is 9.97 Å². The number of anilines is 1. The van der Waals surface area contributed by atoms with E-state index in [1.54, 1.807) is 7.11 Å². The van der Waals surface area contributed by atoms with E-state index in [1.165, 1.54) is 0 Å². The summed E-state index contributed by atoms with van der Waals surface area (Å²) >= 11 is 0. The molecule has 1 aromatic carbocycles. The van der Waals surface area contributed by atoms with E-state index in [9.17, 15) is 9.59 Å². The van der Waals surface area contributed by atoms with Crippen LogP contribution >= 0.6 is 0 Å². The molecule has 1 unspecified atom stereocenters. The molecule has 3 heterocycles. The Morgan fingerprint density at radius 2 is 2.11 bits per heavy atom. The third kappa shape index (κ3) is 2.49. The number of hydrogen-bond donors (Lipinski definition) is 1. The van der Waals surface area contributed by atoms with Crippen molar-refractivity contribution in [2.24, 2.45) is 0 Å². The summed E-state index contributed by atoms with van der Waals surface area (Å²) < 4.78 is 11.6. The second kappa shape index (κ2) is 6.44. The van der Waals surface area contributed by atoms with Crippen molar-refractivity contribution in [1.29, 1.82) is 0 Å². The van der Waals surface area contributed by atoms with Gasteiger partial charge in [0.15, 0.2) is 11.4 Å². The number of nitrogens with zero attached hydrogens (tertiary/aromatic N) is 2. The molecule has 1 aliphatic carbocycles. The molecule has 5 rings (SSSR count). The fraction of sp³-hybridized carbons (Fsp3) is 0.476. The molecule has 2 aromatic rings. The van der Waals surface area contributed by atoms with Crippen LogP contribution in [0.15, 0.2) is 23.0 Å². The maximum Gasteiger partial charge on any atom is 0.255 e. The van der Waals surface area contributed by atoms with Gasteiger partial charge in [0.05, 0.1) is 26.0 Å². The van der Waals surface area contributed by atoms with Gasteiger partial charge in [0.25, 0.3) is 5.56 Å². The smallest absolute Gasteiger partial charge is 0.255 e. The highest BCUT2D eigenvalue weighted by Gasteiger charge is 2.51. The highest BCUT2D eigenvalue weighted by Crippen LogP contribution is 2.46. The molecule has 146 valence electrons. The van der Waals surface area contributed by atoms with Crippen molar-refractivity contribution in [2.75, 3.05) is 25.1 Å². The number of carbonyl (C=O) groups excluding carboxylic acids is 1. The van der Waals surface area contributed by atoms with Crippen molar-refractivity contribution in [3.63, 3.8) is 0 Å². The molecule has 28 heavy (non-hydrogen) atoms. The van der Waals surface area contributed by atoms with Gasteiger partial charge in [-0.15, -0.1) is 0 Å². The molecule has 2 aliphatic heterocycles. The highest BCUT2D eigenvalue weighted by molar-refractivity contribution is 5.94. The van der Waals surface area contributed by atoms with Crippen LogP contribution < -0.4 is 15.2 Å². The summed E-state index contributed by atoms with van der Waals surface area (Å²) in [4.78, 5) is 35.1. The summed E-state index contributed by atoms with van der Waals surface area (Å²) in [7, 11) is 1.61. The number of piperidine rings is 1. The lowest BCUT2D eigenvalue weighted by Gasteiger charge is -2.38. The first-order valence-corrected chi connectivity index (χ1v) is 9.83. The van der Waals surface area contributed by atoms with E-state index in [0.29, 0.717) is 31.3 Å². The number of carbonyl (C=O) groups is 1. The summed E-state index contributed by atoms with van der Waals surface area (Å²) in [5, 5.41) is 0. The van der Waals surface area contributed by atoms with Gasteiger partial charge in [-0.05, 0) is 37.3 Å². The Morgan fingerprint density at radius 3 is 2.93 bits per heavy atom. The molecule has 0 radical (unpaired) electrons. The Bertz CT molecular complexity index is 1020. The van der Waals surface area contributed by atoms with Gasteiger partial charge in [0, 0.05) is 24.1 Å². The van der Waals surface area contributed by atoms with Crippen LogP contribution in [0.1, 0.15) is 41.6 Å². The maximum absolute atomic E-state index is 13.3. The van der Waals surface area contributed by atoms with E-state index < -0.39 is 5.60 Å². The number of rotatable bonds is 2. The van der Waals surface area contributed by atoms with Crippen molar-refractivity contribution in [2.45, 2.75) is 44.3 Å². The fourth-order valence-electron chi connectivity index (χ4n) is 4.75. The lowest BCUT2D eigenvalue weighted by atomic mass is 9.82. The lowest BCUT2D eigenvalue weighted by molar-refractivity contribution is -0.146. The average molecular weight is 381 g/mol. The van der Waals surface area contributed by atoms with Gasteiger partial charge >= 0.3 is 0 Å². The molecule has 0 bridgehead atoms. The average Bonchev–Trinajstić information content (AvgIpc) is 3.10. The van der Waals surface area contributed by atoms with Crippen LogP contribution in [0.3, 0.4) is 0 Å². The first kappa shape index (κ1) is 17.4. The quantitative estimate of drug-likeness (QED) is 0.855. The monoisotopic (exact) mass is 381 g/mol. The molecular formula is C21H23N3O4. The lowest BCUT2D eigenvalue weighted by Crippen LogP contribution is -2.51. The Balaban J connectivity index is 1.47.